The molecule has 0 radical (unpaired) electrons. The molecule has 8 heteroatoms. The largest absolute Gasteiger partial charge is 0.374 e. The summed E-state index contributed by atoms with van der Waals surface area (Å²) in [6.07, 6.45) is 3.46. The fraction of sp³-hybridized carbons (Fsp3) is 0.538. The summed E-state index contributed by atoms with van der Waals surface area (Å²) in [7, 11) is 1.76. The Hall–Kier alpha value is -2.22. The lowest BCUT2D eigenvalue weighted by molar-refractivity contribution is 0.000579. The maximum atomic E-state index is 5.64. The lowest BCUT2D eigenvalue weighted by Gasteiger charge is -2.24. The van der Waals surface area contributed by atoms with Crippen molar-refractivity contribution < 1.29 is 4.74 Å². The van der Waals surface area contributed by atoms with Gasteiger partial charge >= 0.3 is 0 Å². The molecule has 0 spiro atoms. The molecule has 2 aromatic heterocycles. The number of anilines is 2. The van der Waals surface area contributed by atoms with Gasteiger partial charge in [-0.05, 0) is 26.8 Å². The molecule has 2 heterocycles. The van der Waals surface area contributed by atoms with E-state index in [0.717, 1.165) is 0 Å². The SMILES string of the molecule is CCOC(C)(C)CNc1nc(NC)nc(-n2cccn2)n1. The van der Waals surface area contributed by atoms with E-state index in [1.54, 1.807) is 24.1 Å². The third-order valence-electron chi connectivity index (χ3n) is 2.76. The van der Waals surface area contributed by atoms with E-state index in [-0.39, 0.29) is 5.60 Å². The molecule has 0 saturated carbocycles. The maximum absolute atomic E-state index is 5.64. The van der Waals surface area contributed by atoms with Crippen molar-refractivity contribution in [2.45, 2.75) is 26.4 Å². The lowest BCUT2D eigenvalue weighted by Crippen LogP contribution is -2.34. The van der Waals surface area contributed by atoms with E-state index >= 15 is 0 Å². The molecule has 21 heavy (non-hydrogen) atoms. The van der Waals surface area contributed by atoms with Crippen molar-refractivity contribution in [2.75, 3.05) is 30.8 Å². The van der Waals surface area contributed by atoms with Crippen LogP contribution in [0.1, 0.15) is 20.8 Å². The highest BCUT2D eigenvalue weighted by atomic mass is 16.5. The normalized spacial score (nSPS) is 11.4. The van der Waals surface area contributed by atoms with E-state index in [4.69, 9.17) is 4.74 Å². The molecule has 2 N–H and O–H groups in total. The smallest absolute Gasteiger partial charge is 0.257 e. The first kappa shape index (κ1) is 15.2. The Balaban J connectivity index is 2.18. The Kier molecular flexibility index (Phi) is 4.69. The van der Waals surface area contributed by atoms with E-state index < -0.39 is 0 Å². The first-order chi connectivity index (χ1) is 10.0. The predicted octanol–water partition coefficient (Wildman–Crippen LogP) is 1.33. The maximum Gasteiger partial charge on any atom is 0.257 e. The van der Waals surface area contributed by atoms with Crippen LogP contribution in [0.25, 0.3) is 5.95 Å². The lowest BCUT2D eigenvalue weighted by atomic mass is 10.1. The van der Waals surface area contributed by atoms with Crippen LogP contribution in [0.3, 0.4) is 0 Å². The predicted molar refractivity (Wildman–Crippen MR) is 80.7 cm³/mol. The average molecular weight is 291 g/mol. The third-order valence-corrected chi connectivity index (χ3v) is 2.76. The highest BCUT2D eigenvalue weighted by Gasteiger charge is 2.18. The number of hydrogen-bond donors (Lipinski definition) is 2. The van der Waals surface area contributed by atoms with Crippen LogP contribution >= 0.6 is 0 Å². The Morgan fingerprint density at radius 2 is 2.00 bits per heavy atom. The van der Waals surface area contributed by atoms with Crippen LogP contribution in [-0.4, -0.2) is 50.5 Å². The second-order valence-corrected chi connectivity index (χ2v) is 5.03. The van der Waals surface area contributed by atoms with Crippen LogP contribution in [-0.2, 0) is 4.74 Å². The zero-order valence-corrected chi connectivity index (χ0v) is 12.8. The van der Waals surface area contributed by atoms with E-state index in [9.17, 15) is 0 Å². The fourth-order valence-corrected chi connectivity index (χ4v) is 1.78. The van der Waals surface area contributed by atoms with Gasteiger partial charge in [0.05, 0.1) is 5.60 Å². The fourth-order valence-electron chi connectivity index (χ4n) is 1.78. The van der Waals surface area contributed by atoms with Crippen molar-refractivity contribution in [3.63, 3.8) is 0 Å². The van der Waals surface area contributed by atoms with Gasteiger partial charge in [-0.1, -0.05) is 0 Å². The van der Waals surface area contributed by atoms with Crippen LogP contribution in [0.4, 0.5) is 11.9 Å². The minimum Gasteiger partial charge on any atom is -0.374 e. The molecule has 8 nitrogen and oxygen atoms in total. The molecule has 0 aromatic carbocycles. The molecule has 0 aliphatic carbocycles. The molecule has 0 unspecified atom stereocenters. The first-order valence-electron chi connectivity index (χ1n) is 6.86. The van der Waals surface area contributed by atoms with Gasteiger partial charge in [0.1, 0.15) is 0 Å². The summed E-state index contributed by atoms with van der Waals surface area (Å²) >= 11 is 0. The molecule has 2 aromatic rings. The van der Waals surface area contributed by atoms with E-state index in [1.165, 1.54) is 0 Å². The van der Waals surface area contributed by atoms with Gasteiger partial charge in [-0.3, -0.25) is 0 Å². The molecule has 0 atom stereocenters. The van der Waals surface area contributed by atoms with Crippen molar-refractivity contribution in [2.24, 2.45) is 0 Å². The second kappa shape index (κ2) is 6.49. The Morgan fingerprint density at radius 3 is 2.62 bits per heavy atom. The molecule has 0 fully saturated rings. The van der Waals surface area contributed by atoms with Gasteiger partial charge in [0, 0.05) is 32.6 Å². The average Bonchev–Trinajstić information content (AvgIpc) is 2.99. The van der Waals surface area contributed by atoms with Crippen LogP contribution < -0.4 is 10.6 Å². The number of ether oxygens (including phenoxy) is 1. The molecule has 0 aliphatic heterocycles. The monoisotopic (exact) mass is 291 g/mol. The Morgan fingerprint density at radius 1 is 1.24 bits per heavy atom. The summed E-state index contributed by atoms with van der Waals surface area (Å²) in [5.74, 6) is 1.41. The minimum atomic E-state index is -0.299. The summed E-state index contributed by atoms with van der Waals surface area (Å²) in [5, 5.41) is 10.2. The summed E-state index contributed by atoms with van der Waals surface area (Å²) in [6.45, 7) is 7.24. The highest BCUT2D eigenvalue weighted by Crippen LogP contribution is 2.12. The summed E-state index contributed by atoms with van der Waals surface area (Å²) < 4.78 is 7.23. The number of aromatic nitrogens is 5. The number of rotatable bonds is 7. The molecule has 0 bridgehead atoms. The first-order valence-corrected chi connectivity index (χ1v) is 6.86. The molecule has 0 amide bonds. The van der Waals surface area contributed by atoms with Crippen LogP contribution in [0.5, 0.6) is 0 Å². The topological polar surface area (TPSA) is 89.8 Å². The quantitative estimate of drug-likeness (QED) is 0.795. The summed E-state index contributed by atoms with van der Waals surface area (Å²) in [4.78, 5) is 12.9. The van der Waals surface area contributed by atoms with Gasteiger partial charge in [0.2, 0.25) is 11.9 Å². The molecular formula is C13H21N7O. The molecule has 114 valence electrons. The second-order valence-electron chi connectivity index (χ2n) is 5.03. The van der Waals surface area contributed by atoms with E-state index in [0.29, 0.717) is 31.0 Å². The summed E-state index contributed by atoms with van der Waals surface area (Å²) in [5.41, 5.74) is -0.299. The molecule has 2 rings (SSSR count). The molecule has 0 saturated heterocycles. The standard InChI is InChI=1S/C13H21N7O/c1-5-21-13(2,3)9-15-11-17-10(14-4)18-12(19-11)20-8-6-7-16-20/h6-8H,5,9H2,1-4H3,(H2,14,15,17,18,19). The molecular weight excluding hydrogens is 270 g/mol. The van der Waals surface area contributed by atoms with Gasteiger partial charge < -0.3 is 15.4 Å². The van der Waals surface area contributed by atoms with Crippen LogP contribution in [0.15, 0.2) is 18.5 Å². The highest BCUT2D eigenvalue weighted by molar-refractivity contribution is 5.37. The number of nitrogens with zero attached hydrogens (tertiary/aromatic N) is 5. The Bertz CT molecular complexity index is 568. The van der Waals surface area contributed by atoms with Crippen LogP contribution in [0, 0.1) is 0 Å². The van der Waals surface area contributed by atoms with Gasteiger partial charge in [-0.25, -0.2) is 4.68 Å². The van der Waals surface area contributed by atoms with Crippen molar-refractivity contribution in [3.05, 3.63) is 18.5 Å². The molecule has 0 aliphatic rings. The Labute approximate surface area is 124 Å². The zero-order chi connectivity index (χ0) is 15.3. The van der Waals surface area contributed by atoms with Gasteiger partial charge in [0.15, 0.2) is 0 Å². The number of hydrogen-bond acceptors (Lipinski definition) is 7. The van der Waals surface area contributed by atoms with Crippen molar-refractivity contribution >= 4 is 11.9 Å². The minimum absolute atomic E-state index is 0.299. The van der Waals surface area contributed by atoms with Crippen molar-refractivity contribution in [1.29, 1.82) is 0 Å². The van der Waals surface area contributed by atoms with Gasteiger partial charge in [-0.15, -0.1) is 0 Å². The van der Waals surface area contributed by atoms with Crippen molar-refractivity contribution in [3.8, 4) is 5.95 Å². The van der Waals surface area contributed by atoms with E-state index in [1.807, 2.05) is 26.8 Å². The van der Waals surface area contributed by atoms with Gasteiger partial charge in [-0.2, -0.15) is 20.1 Å². The third kappa shape index (κ3) is 4.12. The van der Waals surface area contributed by atoms with Crippen LogP contribution in [0.2, 0.25) is 0 Å². The van der Waals surface area contributed by atoms with Crippen molar-refractivity contribution in [1.82, 2.24) is 24.7 Å². The van der Waals surface area contributed by atoms with E-state index in [2.05, 4.69) is 30.7 Å². The number of nitrogens with one attached hydrogen (secondary N) is 2. The summed E-state index contributed by atoms with van der Waals surface area (Å²) in [6, 6.07) is 1.81. The van der Waals surface area contributed by atoms with Gasteiger partial charge in [0.25, 0.3) is 5.95 Å². The zero-order valence-electron chi connectivity index (χ0n) is 12.8.